The number of aromatic nitrogens is 1. The van der Waals surface area contributed by atoms with Gasteiger partial charge in [0, 0.05) is 24.6 Å². The first-order chi connectivity index (χ1) is 6.86. The van der Waals surface area contributed by atoms with Crippen molar-refractivity contribution < 1.29 is 4.57 Å². The van der Waals surface area contributed by atoms with Crippen molar-refractivity contribution in [3.63, 3.8) is 0 Å². The van der Waals surface area contributed by atoms with Gasteiger partial charge in [-0.2, -0.15) is 4.57 Å². The summed E-state index contributed by atoms with van der Waals surface area (Å²) in [5.74, 6) is 0. The van der Waals surface area contributed by atoms with Crippen LogP contribution in [0.1, 0.15) is 11.3 Å². The molecule has 15 heavy (non-hydrogen) atoms. The molecule has 2 heteroatoms. The van der Waals surface area contributed by atoms with E-state index >= 15 is 0 Å². The highest BCUT2D eigenvalue weighted by molar-refractivity contribution is 14.0. The second kappa shape index (κ2) is 5.85. The molecule has 0 radical (unpaired) electrons. The number of pyridine rings is 1. The van der Waals surface area contributed by atoms with E-state index in [4.69, 9.17) is 0 Å². The molecular formula is C13H15IN+. The highest BCUT2D eigenvalue weighted by atomic mass is 127. The van der Waals surface area contributed by atoms with Gasteiger partial charge < -0.3 is 0 Å². The molecule has 0 spiro atoms. The number of benzene rings is 1. The lowest BCUT2D eigenvalue weighted by molar-refractivity contribution is -0.694. The molecule has 0 saturated carbocycles. The minimum Gasteiger partial charge on any atom is -0.198 e. The Kier molecular flexibility index (Phi) is 4.75. The highest BCUT2D eigenvalue weighted by Crippen LogP contribution is 1.98. The Labute approximate surface area is 108 Å². The summed E-state index contributed by atoms with van der Waals surface area (Å²) in [5.41, 5.74) is 2.63. The van der Waals surface area contributed by atoms with Gasteiger partial charge in [0.2, 0.25) is 0 Å². The Morgan fingerprint density at radius 3 is 2.27 bits per heavy atom. The molecule has 1 nitrogen and oxygen atoms in total. The largest absolute Gasteiger partial charge is 0.198 e. The molecule has 0 aliphatic rings. The predicted octanol–water partition coefficient (Wildman–Crippen LogP) is 2.95. The van der Waals surface area contributed by atoms with E-state index in [-0.39, 0.29) is 24.0 Å². The Balaban J connectivity index is 0.00000112. The third-order valence-electron chi connectivity index (χ3n) is 2.36. The molecule has 1 aromatic carbocycles. The molecule has 0 atom stereocenters. The van der Waals surface area contributed by atoms with Gasteiger partial charge in [0.25, 0.3) is 0 Å². The fraction of sp³-hybridized carbons (Fsp3) is 0.154. The zero-order valence-electron chi connectivity index (χ0n) is 8.76. The molecule has 0 fully saturated rings. The van der Waals surface area contributed by atoms with Crippen molar-refractivity contribution in [1.82, 2.24) is 0 Å². The van der Waals surface area contributed by atoms with Gasteiger partial charge in [-0.15, -0.1) is 24.0 Å². The molecule has 0 N–H and O–H groups in total. The average Bonchev–Trinajstić information content (AvgIpc) is 2.23. The van der Waals surface area contributed by atoms with Gasteiger partial charge in [-0.1, -0.05) is 36.4 Å². The van der Waals surface area contributed by atoms with Crippen LogP contribution in [0.15, 0.2) is 54.7 Å². The van der Waals surface area contributed by atoms with Crippen LogP contribution in [0.4, 0.5) is 0 Å². The quantitative estimate of drug-likeness (QED) is 0.593. The van der Waals surface area contributed by atoms with E-state index in [1.807, 2.05) is 6.07 Å². The number of halogens is 1. The van der Waals surface area contributed by atoms with E-state index < -0.39 is 0 Å². The molecule has 2 rings (SSSR count). The normalized spacial score (nSPS) is 9.40. The van der Waals surface area contributed by atoms with Crippen molar-refractivity contribution in [1.29, 1.82) is 0 Å². The minimum atomic E-state index is 0. The molecule has 0 saturated heterocycles. The monoisotopic (exact) mass is 312 g/mol. The molecule has 0 unspecified atom stereocenters. The summed E-state index contributed by atoms with van der Waals surface area (Å²) in [4.78, 5) is 0. The van der Waals surface area contributed by atoms with E-state index in [0.717, 1.165) is 6.54 Å². The maximum absolute atomic E-state index is 2.25. The maximum atomic E-state index is 2.25. The Hall–Kier alpha value is -0.900. The van der Waals surface area contributed by atoms with Crippen molar-refractivity contribution >= 4 is 24.0 Å². The molecule has 0 amide bonds. The van der Waals surface area contributed by atoms with Crippen LogP contribution in [-0.4, -0.2) is 0 Å². The van der Waals surface area contributed by atoms with Crippen molar-refractivity contribution in [2.75, 3.05) is 0 Å². The molecule has 0 aliphatic carbocycles. The van der Waals surface area contributed by atoms with Crippen molar-refractivity contribution in [2.45, 2.75) is 13.5 Å². The topological polar surface area (TPSA) is 3.88 Å². The van der Waals surface area contributed by atoms with Crippen LogP contribution < -0.4 is 4.57 Å². The molecule has 0 bridgehead atoms. The van der Waals surface area contributed by atoms with E-state index in [0.29, 0.717) is 0 Å². The summed E-state index contributed by atoms with van der Waals surface area (Å²) in [6, 6.07) is 16.8. The van der Waals surface area contributed by atoms with Gasteiger partial charge in [-0.25, -0.2) is 0 Å². The SMILES string of the molecule is Cc1cccc[n+]1Cc1ccccc1.I. The molecule has 2 aromatic rings. The average molecular weight is 312 g/mol. The summed E-state index contributed by atoms with van der Waals surface area (Å²) < 4.78 is 2.25. The number of nitrogens with zero attached hydrogens (tertiary/aromatic N) is 1. The molecule has 78 valence electrons. The zero-order valence-corrected chi connectivity index (χ0v) is 11.1. The summed E-state index contributed by atoms with van der Waals surface area (Å²) in [5, 5.41) is 0. The van der Waals surface area contributed by atoms with Gasteiger partial charge in [-0.05, 0) is 0 Å². The molecular weight excluding hydrogens is 297 g/mol. The first-order valence-corrected chi connectivity index (χ1v) is 4.85. The Bertz CT molecular complexity index is 412. The van der Waals surface area contributed by atoms with Crippen LogP contribution in [0.25, 0.3) is 0 Å². The first kappa shape index (κ1) is 12.2. The van der Waals surface area contributed by atoms with Gasteiger partial charge in [0.1, 0.15) is 0 Å². The third-order valence-corrected chi connectivity index (χ3v) is 2.36. The van der Waals surface area contributed by atoms with Gasteiger partial charge in [0.05, 0.1) is 0 Å². The predicted molar refractivity (Wildman–Crippen MR) is 72.3 cm³/mol. The summed E-state index contributed by atoms with van der Waals surface area (Å²) in [6.45, 7) is 3.08. The van der Waals surface area contributed by atoms with Crippen molar-refractivity contribution in [3.05, 3.63) is 66.0 Å². The second-order valence-corrected chi connectivity index (χ2v) is 3.46. The first-order valence-electron chi connectivity index (χ1n) is 4.85. The van der Waals surface area contributed by atoms with E-state index in [2.05, 4.69) is 60.2 Å². The molecule has 1 heterocycles. The van der Waals surface area contributed by atoms with E-state index in [9.17, 15) is 0 Å². The van der Waals surface area contributed by atoms with Crippen LogP contribution in [0.2, 0.25) is 0 Å². The minimum absolute atomic E-state index is 0. The summed E-state index contributed by atoms with van der Waals surface area (Å²) in [6.07, 6.45) is 2.11. The van der Waals surface area contributed by atoms with Crippen LogP contribution >= 0.6 is 24.0 Å². The number of hydrogen-bond acceptors (Lipinski definition) is 0. The molecule has 1 aromatic heterocycles. The zero-order chi connectivity index (χ0) is 9.80. The van der Waals surface area contributed by atoms with E-state index in [1.165, 1.54) is 11.3 Å². The molecule has 0 aliphatic heterocycles. The lowest BCUT2D eigenvalue weighted by Gasteiger charge is -1.99. The van der Waals surface area contributed by atoms with Gasteiger partial charge in [-0.3, -0.25) is 0 Å². The summed E-state index contributed by atoms with van der Waals surface area (Å²) >= 11 is 0. The number of aryl methyl sites for hydroxylation is 1. The van der Waals surface area contributed by atoms with Crippen molar-refractivity contribution in [3.8, 4) is 0 Å². The third kappa shape index (κ3) is 3.30. The van der Waals surface area contributed by atoms with Crippen molar-refractivity contribution in [2.24, 2.45) is 0 Å². The van der Waals surface area contributed by atoms with E-state index in [1.54, 1.807) is 0 Å². The fourth-order valence-corrected chi connectivity index (χ4v) is 1.52. The summed E-state index contributed by atoms with van der Waals surface area (Å²) in [7, 11) is 0. The fourth-order valence-electron chi connectivity index (χ4n) is 1.52. The lowest BCUT2D eigenvalue weighted by Crippen LogP contribution is -2.36. The maximum Gasteiger partial charge on any atom is 0.178 e. The van der Waals surface area contributed by atoms with Crippen LogP contribution in [0.3, 0.4) is 0 Å². The number of rotatable bonds is 2. The van der Waals surface area contributed by atoms with Crippen LogP contribution in [0.5, 0.6) is 0 Å². The smallest absolute Gasteiger partial charge is 0.178 e. The highest BCUT2D eigenvalue weighted by Gasteiger charge is 2.04. The lowest BCUT2D eigenvalue weighted by atomic mass is 10.2. The van der Waals surface area contributed by atoms with Gasteiger partial charge in [0.15, 0.2) is 18.4 Å². The Morgan fingerprint density at radius 1 is 0.933 bits per heavy atom. The second-order valence-electron chi connectivity index (χ2n) is 3.46. The van der Waals surface area contributed by atoms with Crippen LogP contribution in [0, 0.1) is 6.92 Å². The number of hydrogen-bond donors (Lipinski definition) is 0. The van der Waals surface area contributed by atoms with Gasteiger partial charge >= 0.3 is 0 Å². The van der Waals surface area contributed by atoms with Crippen LogP contribution in [-0.2, 0) is 6.54 Å². The standard InChI is InChI=1S/C13H14N.HI/c1-12-7-5-6-10-14(12)11-13-8-3-2-4-9-13;/h2-10H,11H2,1H3;1H/q+1;. The Morgan fingerprint density at radius 2 is 1.60 bits per heavy atom.